The Kier molecular flexibility index (Phi) is 5.28. The molecule has 0 spiro atoms. The quantitative estimate of drug-likeness (QED) is 0.680. The zero-order valence-corrected chi connectivity index (χ0v) is 14.1. The topological polar surface area (TPSA) is 69.5 Å². The zero-order chi connectivity index (χ0) is 16.3. The van der Waals surface area contributed by atoms with E-state index in [9.17, 15) is 10.1 Å². The van der Waals surface area contributed by atoms with Gasteiger partial charge in [0.1, 0.15) is 5.92 Å². The molecule has 4 nitrogen and oxygen atoms in total. The second-order valence-electron chi connectivity index (χ2n) is 5.13. The van der Waals surface area contributed by atoms with Gasteiger partial charge in [0.05, 0.1) is 11.8 Å². The van der Waals surface area contributed by atoms with Crippen molar-refractivity contribution < 1.29 is 0 Å². The van der Waals surface area contributed by atoms with Gasteiger partial charge in [0.2, 0.25) is 0 Å². The van der Waals surface area contributed by atoms with Crippen LogP contribution in [0.25, 0.3) is 0 Å². The van der Waals surface area contributed by atoms with Crippen LogP contribution in [0.2, 0.25) is 5.02 Å². The van der Waals surface area contributed by atoms with E-state index in [2.05, 4.69) is 16.0 Å². The Hall–Kier alpha value is -1.77. The monoisotopic (exact) mass is 333 g/mol. The van der Waals surface area contributed by atoms with Crippen LogP contribution in [0.4, 0.5) is 0 Å². The summed E-state index contributed by atoms with van der Waals surface area (Å²) >= 11 is 7.65. The minimum Gasteiger partial charge on any atom is -0.301 e. The average Bonchev–Trinajstić information content (AvgIpc) is 2.46. The van der Waals surface area contributed by atoms with Gasteiger partial charge in [-0.1, -0.05) is 55.4 Å². The van der Waals surface area contributed by atoms with Crippen LogP contribution in [0.1, 0.15) is 36.6 Å². The number of nitriles is 1. The molecule has 0 radical (unpaired) electrons. The highest BCUT2D eigenvalue weighted by Crippen LogP contribution is 2.30. The number of rotatable bonds is 4. The third kappa shape index (κ3) is 3.52. The largest absolute Gasteiger partial charge is 0.301 e. The third-order valence-corrected chi connectivity index (χ3v) is 4.37. The number of halogens is 1. The number of nitrogens with one attached hydrogen (secondary N) is 1. The Bertz CT molecular complexity index is 780. The summed E-state index contributed by atoms with van der Waals surface area (Å²) in [7, 11) is 0. The summed E-state index contributed by atoms with van der Waals surface area (Å²) < 4.78 is 0. The normalized spacial score (nSPS) is 12.2. The summed E-state index contributed by atoms with van der Waals surface area (Å²) in [6.07, 6.45) is 0. The van der Waals surface area contributed by atoms with E-state index in [1.807, 2.05) is 19.9 Å². The van der Waals surface area contributed by atoms with Gasteiger partial charge in [-0.05, 0) is 18.6 Å². The molecule has 0 bridgehead atoms. The molecule has 2 aromatic rings. The standard InChI is InChI=1S/C16H16ClN3OS/c1-9(2)22-16-19-14(10(3)15(21)20-16)12(8-18)11-6-4-5-7-13(11)17/h4-7,9,12H,1-3H3,(H,19,20,21). The summed E-state index contributed by atoms with van der Waals surface area (Å²) in [4.78, 5) is 19.4. The lowest BCUT2D eigenvalue weighted by Gasteiger charge is -2.14. The molecule has 0 fully saturated rings. The van der Waals surface area contributed by atoms with Crippen LogP contribution in [0.5, 0.6) is 0 Å². The van der Waals surface area contributed by atoms with Gasteiger partial charge in [0.25, 0.3) is 5.56 Å². The Morgan fingerprint density at radius 1 is 1.36 bits per heavy atom. The molecule has 6 heteroatoms. The van der Waals surface area contributed by atoms with Crippen LogP contribution in [0.15, 0.2) is 34.2 Å². The predicted molar refractivity (Wildman–Crippen MR) is 89.5 cm³/mol. The maximum atomic E-state index is 12.1. The molecule has 114 valence electrons. The number of benzene rings is 1. The van der Waals surface area contributed by atoms with Gasteiger partial charge in [-0.3, -0.25) is 4.79 Å². The van der Waals surface area contributed by atoms with Crippen LogP contribution in [0, 0.1) is 18.3 Å². The number of aromatic amines is 1. The molecular formula is C16H16ClN3OS. The van der Waals surface area contributed by atoms with Crippen LogP contribution >= 0.6 is 23.4 Å². The number of aromatic nitrogens is 2. The fourth-order valence-corrected chi connectivity index (χ4v) is 3.07. The second-order valence-corrected chi connectivity index (χ2v) is 7.10. The molecule has 1 atom stereocenters. The second kappa shape index (κ2) is 6.99. The van der Waals surface area contributed by atoms with Gasteiger partial charge in [-0.15, -0.1) is 0 Å². The van der Waals surface area contributed by atoms with Crippen molar-refractivity contribution in [3.8, 4) is 6.07 Å². The SMILES string of the molecule is Cc1c(C(C#N)c2ccccc2Cl)nc(SC(C)C)[nH]c1=O. The van der Waals surface area contributed by atoms with E-state index in [0.717, 1.165) is 0 Å². The Balaban J connectivity index is 2.59. The van der Waals surface area contributed by atoms with Crippen LogP contribution in [-0.4, -0.2) is 15.2 Å². The summed E-state index contributed by atoms with van der Waals surface area (Å²) in [6.45, 7) is 5.70. The van der Waals surface area contributed by atoms with E-state index in [-0.39, 0.29) is 10.8 Å². The molecule has 0 saturated carbocycles. The lowest BCUT2D eigenvalue weighted by Crippen LogP contribution is -2.18. The molecular weight excluding hydrogens is 318 g/mol. The van der Waals surface area contributed by atoms with Crippen molar-refractivity contribution in [2.45, 2.75) is 37.1 Å². The molecule has 1 unspecified atom stereocenters. The first-order chi connectivity index (χ1) is 10.4. The Morgan fingerprint density at radius 3 is 2.64 bits per heavy atom. The smallest absolute Gasteiger partial charge is 0.254 e. The number of hydrogen-bond donors (Lipinski definition) is 1. The first-order valence-corrected chi connectivity index (χ1v) is 8.11. The minimum absolute atomic E-state index is 0.222. The van der Waals surface area contributed by atoms with Crippen molar-refractivity contribution in [1.82, 2.24) is 9.97 Å². The van der Waals surface area contributed by atoms with Crippen LogP contribution < -0.4 is 5.56 Å². The van der Waals surface area contributed by atoms with Gasteiger partial charge < -0.3 is 4.98 Å². The maximum Gasteiger partial charge on any atom is 0.254 e. The first kappa shape index (κ1) is 16.6. The molecule has 1 heterocycles. The first-order valence-electron chi connectivity index (χ1n) is 6.85. The van der Waals surface area contributed by atoms with Crippen LogP contribution in [0.3, 0.4) is 0 Å². The molecule has 1 aromatic carbocycles. The molecule has 0 amide bonds. The fourth-order valence-electron chi connectivity index (χ4n) is 2.08. The van der Waals surface area contributed by atoms with Gasteiger partial charge in [-0.25, -0.2) is 4.98 Å². The van der Waals surface area contributed by atoms with E-state index in [0.29, 0.717) is 27.0 Å². The van der Waals surface area contributed by atoms with E-state index in [1.54, 1.807) is 25.1 Å². The number of hydrogen-bond acceptors (Lipinski definition) is 4. The summed E-state index contributed by atoms with van der Waals surface area (Å²) in [5.74, 6) is -0.664. The van der Waals surface area contributed by atoms with E-state index >= 15 is 0 Å². The van der Waals surface area contributed by atoms with Gasteiger partial charge in [0, 0.05) is 15.8 Å². The van der Waals surface area contributed by atoms with Crippen molar-refractivity contribution in [3.05, 3.63) is 56.5 Å². The molecule has 1 N–H and O–H groups in total. The van der Waals surface area contributed by atoms with Crippen molar-refractivity contribution in [2.75, 3.05) is 0 Å². The maximum absolute atomic E-state index is 12.1. The Labute approximate surface area is 138 Å². The average molecular weight is 334 g/mol. The lowest BCUT2D eigenvalue weighted by molar-refractivity contribution is 0.824. The number of H-pyrrole nitrogens is 1. The van der Waals surface area contributed by atoms with Gasteiger partial charge in [-0.2, -0.15) is 5.26 Å². The van der Waals surface area contributed by atoms with Crippen molar-refractivity contribution >= 4 is 23.4 Å². The molecule has 2 rings (SSSR count). The van der Waals surface area contributed by atoms with Crippen LogP contribution in [-0.2, 0) is 0 Å². The molecule has 0 aliphatic heterocycles. The number of nitrogens with zero attached hydrogens (tertiary/aromatic N) is 2. The minimum atomic E-state index is -0.664. The van der Waals surface area contributed by atoms with Gasteiger partial charge >= 0.3 is 0 Å². The highest BCUT2D eigenvalue weighted by atomic mass is 35.5. The highest BCUT2D eigenvalue weighted by Gasteiger charge is 2.22. The molecule has 22 heavy (non-hydrogen) atoms. The lowest BCUT2D eigenvalue weighted by atomic mass is 9.94. The summed E-state index contributed by atoms with van der Waals surface area (Å²) in [6, 6.07) is 9.35. The van der Waals surface area contributed by atoms with E-state index in [4.69, 9.17) is 11.6 Å². The predicted octanol–water partition coefficient (Wildman–Crippen LogP) is 3.89. The summed E-state index contributed by atoms with van der Waals surface area (Å²) in [5.41, 5.74) is 1.34. The number of thioether (sulfide) groups is 1. The molecule has 0 saturated heterocycles. The molecule has 0 aliphatic rings. The van der Waals surface area contributed by atoms with E-state index < -0.39 is 5.92 Å². The van der Waals surface area contributed by atoms with E-state index in [1.165, 1.54) is 11.8 Å². The van der Waals surface area contributed by atoms with Crippen molar-refractivity contribution in [1.29, 1.82) is 5.26 Å². The van der Waals surface area contributed by atoms with Gasteiger partial charge in [0.15, 0.2) is 5.16 Å². The van der Waals surface area contributed by atoms with Crippen molar-refractivity contribution in [3.63, 3.8) is 0 Å². The summed E-state index contributed by atoms with van der Waals surface area (Å²) in [5, 5.41) is 10.9. The Morgan fingerprint density at radius 2 is 2.05 bits per heavy atom. The third-order valence-electron chi connectivity index (χ3n) is 3.13. The van der Waals surface area contributed by atoms with Crippen molar-refractivity contribution in [2.24, 2.45) is 0 Å². The highest BCUT2D eigenvalue weighted by molar-refractivity contribution is 7.99. The fraction of sp³-hybridized carbons (Fsp3) is 0.312. The molecule has 0 aliphatic carbocycles. The zero-order valence-electron chi connectivity index (χ0n) is 12.6. The molecule has 1 aromatic heterocycles.